The lowest BCUT2D eigenvalue weighted by Crippen LogP contribution is -2.49. The minimum atomic E-state index is -4.79. The van der Waals surface area contributed by atoms with Crippen LogP contribution in [0, 0.1) is 0 Å². The highest BCUT2D eigenvalue weighted by Crippen LogP contribution is 2.30. The van der Waals surface area contributed by atoms with Crippen LogP contribution in [-0.2, 0) is 26.0 Å². The fourth-order valence-corrected chi connectivity index (χ4v) is 3.40. The zero-order valence-corrected chi connectivity index (χ0v) is 13.5. The van der Waals surface area contributed by atoms with Gasteiger partial charge in [-0.3, -0.25) is 9.35 Å². The molecule has 0 radical (unpaired) electrons. The van der Waals surface area contributed by atoms with Gasteiger partial charge in [0.05, 0.1) is 6.04 Å². The van der Waals surface area contributed by atoms with Crippen molar-refractivity contribution in [3.05, 3.63) is 35.9 Å². The summed E-state index contributed by atoms with van der Waals surface area (Å²) in [6.45, 7) is 0.518. The molecular weight excluding hydrogens is 338 g/mol. The molecule has 0 saturated carbocycles. The van der Waals surface area contributed by atoms with Gasteiger partial charge in [-0.1, -0.05) is 30.3 Å². The van der Waals surface area contributed by atoms with Crippen molar-refractivity contribution in [2.24, 2.45) is 0 Å². The number of amides is 3. The Kier molecular flexibility index (Phi) is 4.43. The molecular formula is C14H17N3O6S. The monoisotopic (exact) mass is 355 g/mol. The molecule has 0 aromatic heterocycles. The largest absolute Gasteiger partial charge is 0.418 e. The summed E-state index contributed by atoms with van der Waals surface area (Å²) in [5.74, 6) is -0.306. The average molecular weight is 355 g/mol. The lowest BCUT2D eigenvalue weighted by molar-refractivity contribution is -0.126. The summed E-state index contributed by atoms with van der Waals surface area (Å²) in [4.78, 5) is 25.9. The quantitative estimate of drug-likeness (QED) is 0.734. The van der Waals surface area contributed by atoms with Crippen LogP contribution in [-0.4, -0.2) is 53.5 Å². The molecule has 2 heterocycles. The molecule has 2 atom stereocenters. The number of hydrogen-bond donors (Lipinski definition) is 2. The number of benzene rings is 1. The molecule has 2 bridgehead atoms. The second-order valence-corrected chi connectivity index (χ2v) is 6.72. The van der Waals surface area contributed by atoms with Crippen molar-refractivity contribution in [2.75, 3.05) is 6.54 Å². The van der Waals surface area contributed by atoms with E-state index in [4.69, 9.17) is 4.55 Å². The van der Waals surface area contributed by atoms with Gasteiger partial charge in [0.1, 0.15) is 6.04 Å². The molecule has 2 aliphatic heterocycles. The van der Waals surface area contributed by atoms with E-state index in [-0.39, 0.29) is 12.5 Å². The van der Waals surface area contributed by atoms with E-state index < -0.39 is 28.5 Å². The number of hydroxylamine groups is 2. The molecule has 3 amide bonds. The van der Waals surface area contributed by atoms with Gasteiger partial charge in [0.15, 0.2) is 0 Å². The third-order valence-corrected chi connectivity index (χ3v) is 4.46. The summed E-state index contributed by atoms with van der Waals surface area (Å²) >= 11 is 0. The van der Waals surface area contributed by atoms with Crippen molar-refractivity contribution in [2.45, 2.75) is 31.5 Å². The predicted octanol–water partition coefficient (Wildman–Crippen LogP) is 0.306. The van der Waals surface area contributed by atoms with Gasteiger partial charge in [0.25, 0.3) is 0 Å². The summed E-state index contributed by atoms with van der Waals surface area (Å²) in [5, 5.41) is 3.40. The predicted molar refractivity (Wildman–Crippen MR) is 81.7 cm³/mol. The van der Waals surface area contributed by atoms with Crippen LogP contribution < -0.4 is 5.32 Å². The smallest absolute Gasteiger partial charge is 0.350 e. The number of piperidine rings is 1. The van der Waals surface area contributed by atoms with Gasteiger partial charge in [0.2, 0.25) is 5.91 Å². The summed E-state index contributed by atoms with van der Waals surface area (Å²) in [5.41, 5.74) is 0.934. The van der Waals surface area contributed by atoms with E-state index in [2.05, 4.69) is 9.60 Å². The van der Waals surface area contributed by atoms with Gasteiger partial charge in [-0.25, -0.2) is 4.79 Å². The van der Waals surface area contributed by atoms with Crippen molar-refractivity contribution in [3.63, 3.8) is 0 Å². The van der Waals surface area contributed by atoms with E-state index in [0.717, 1.165) is 5.56 Å². The number of nitrogens with zero attached hydrogens (tertiary/aromatic N) is 2. The van der Waals surface area contributed by atoms with E-state index in [9.17, 15) is 18.0 Å². The molecule has 2 aliphatic rings. The van der Waals surface area contributed by atoms with Gasteiger partial charge >= 0.3 is 16.4 Å². The minimum absolute atomic E-state index is 0.178. The maximum Gasteiger partial charge on any atom is 0.418 e. The SMILES string of the molecule is O=C(NCc1ccccc1)C1CCC2CN1C(=O)N2OS(=O)(=O)O. The first kappa shape index (κ1) is 16.7. The normalized spacial score (nSPS) is 23.5. The molecule has 9 nitrogen and oxygen atoms in total. The maximum atomic E-state index is 12.4. The number of carbonyl (C=O) groups excluding carboxylic acids is 2. The third-order valence-electron chi connectivity index (χ3n) is 4.11. The van der Waals surface area contributed by atoms with Crippen LogP contribution in [0.15, 0.2) is 30.3 Å². The summed E-state index contributed by atoms with van der Waals surface area (Å²) in [7, 11) is -4.79. The number of rotatable bonds is 5. The van der Waals surface area contributed by atoms with Gasteiger partial charge in [0, 0.05) is 13.1 Å². The Morgan fingerprint density at radius 1 is 1.29 bits per heavy atom. The fourth-order valence-electron chi connectivity index (χ4n) is 3.01. The van der Waals surface area contributed by atoms with Crippen LogP contribution in [0.4, 0.5) is 4.79 Å². The molecule has 0 aliphatic carbocycles. The zero-order chi connectivity index (χ0) is 17.3. The second-order valence-electron chi connectivity index (χ2n) is 5.71. The Morgan fingerprint density at radius 2 is 2.00 bits per heavy atom. The van der Waals surface area contributed by atoms with E-state index in [0.29, 0.717) is 24.4 Å². The standard InChI is InChI=1S/C14H17N3O6S/c18-13(15-8-10-4-2-1-3-5-10)12-7-6-11-9-16(12)14(19)17(11)23-24(20,21)22/h1-5,11-12H,6-9H2,(H,15,18)(H,20,21,22). The lowest BCUT2D eigenvalue weighted by atomic mass is 10.0. The van der Waals surface area contributed by atoms with Gasteiger partial charge < -0.3 is 10.2 Å². The minimum Gasteiger partial charge on any atom is -0.350 e. The Bertz CT molecular complexity index is 738. The summed E-state index contributed by atoms with van der Waals surface area (Å²) < 4.78 is 34.8. The van der Waals surface area contributed by atoms with Crippen LogP contribution in [0.25, 0.3) is 0 Å². The van der Waals surface area contributed by atoms with Gasteiger partial charge in [-0.15, -0.1) is 4.28 Å². The van der Waals surface area contributed by atoms with E-state index in [1.807, 2.05) is 30.3 Å². The number of hydrogen-bond acceptors (Lipinski definition) is 5. The van der Waals surface area contributed by atoms with Crippen molar-refractivity contribution in [3.8, 4) is 0 Å². The topological polar surface area (TPSA) is 116 Å². The number of fused-ring (bicyclic) bond motifs is 2. The zero-order valence-electron chi connectivity index (χ0n) is 12.7. The Labute approximate surface area is 139 Å². The van der Waals surface area contributed by atoms with Crippen LogP contribution in [0.3, 0.4) is 0 Å². The van der Waals surface area contributed by atoms with E-state index in [1.54, 1.807) is 0 Å². The van der Waals surface area contributed by atoms with Crippen LogP contribution >= 0.6 is 0 Å². The third kappa shape index (κ3) is 3.50. The molecule has 10 heteroatoms. The fraction of sp³-hybridized carbons (Fsp3) is 0.429. The molecule has 130 valence electrons. The Balaban J connectivity index is 1.64. The van der Waals surface area contributed by atoms with Crippen molar-refractivity contribution in [1.29, 1.82) is 0 Å². The first-order valence-electron chi connectivity index (χ1n) is 7.43. The van der Waals surface area contributed by atoms with Crippen LogP contribution in [0.2, 0.25) is 0 Å². The van der Waals surface area contributed by atoms with Crippen molar-refractivity contribution in [1.82, 2.24) is 15.3 Å². The molecule has 1 aromatic carbocycles. The first-order chi connectivity index (χ1) is 11.3. The molecule has 3 rings (SSSR count). The van der Waals surface area contributed by atoms with Gasteiger partial charge in [-0.2, -0.15) is 13.5 Å². The molecule has 1 aromatic rings. The Morgan fingerprint density at radius 3 is 2.67 bits per heavy atom. The van der Waals surface area contributed by atoms with E-state index >= 15 is 0 Å². The number of urea groups is 1. The Hall–Kier alpha value is -2.17. The summed E-state index contributed by atoms with van der Waals surface area (Å²) in [6, 6.07) is 7.42. The second kappa shape index (κ2) is 6.38. The average Bonchev–Trinajstić information content (AvgIpc) is 2.77. The number of nitrogens with one attached hydrogen (secondary N) is 1. The molecule has 2 saturated heterocycles. The van der Waals surface area contributed by atoms with E-state index in [1.165, 1.54) is 4.90 Å². The van der Waals surface area contributed by atoms with Crippen molar-refractivity contribution < 1.29 is 26.8 Å². The lowest BCUT2D eigenvalue weighted by Gasteiger charge is -2.29. The molecule has 2 unspecified atom stereocenters. The molecule has 2 N–H and O–H groups in total. The van der Waals surface area contributed by atoms with Crippen molar-refractivity contribution >= 4 is 22.3 Å². The highest BCUT2D eigenvalue weighted by atomic mass is 32.3. The highest BCUT2D eigenvalue weighted by molar-refractivity contribution is 7.80. The highest BCUT2D eigenvalue weighted by Gasteiger charge is 2.49. The van der Waals surface area contributed by atoms with Crippen LogP contribution in [0.1, 0.15) is 18.4 Å². The summed E-state index contributed by atoms with van der Waals surface area (Å²) in [6.07, 6.45) is 0.795. The molecule has 2 fully saturated rings. The first-order valence-corrected chi connectivity index (χ1v) is 8.80. The maximum absolute atomic E-state index is 12.4. The van der Waals surface area contributed by atoms with Crippen LogP contribution in [0.5, 0.6) is 0 Å². The molecule has 24 heavy (non-hydrogen) atoms. The van der Waals surface area contributed by atoms with Gasteiger partial charge in [-0.05, 0) is 18.4 Å². The number of carbonyl (C=O) groups is 2. The molecule has 0 spiro atoms.